The highest BCUT2D eigenvalue weighted by atomic mass is 35.5. The average Bonchev–Trinajstić information content (AvgIpc) is 3.17. The van der Waals surface area contributed by atoms with E-state index in [1.54, 1.807) is 23.9 Å². The van der Waals surface area contributed by atoms with Crippen molar-refractivity contribution in [3.05, 3.63) is 89.1 Å². The normalized spacial score (nSPS) is 12.0. The van der Waals surface area contributed by atoms with Gasteiger partial charge in [0, 0.05) is 37.5 Å². The number of H-pyrrole nitrogens is 1. The second kappa shape index (κ2) is 9.47. The predicted octanol–water partition coefficient (Wildman–Crippen LogP) is 5.79. The van der Waals surface area contributed by atoms with Gasteiger partial charge in [-0.25, -0.2) is 0 Å². The van der Waals surface area contributed by atoms with Gasteiger partial charge in [-0.2, -0.15) is 0 Å². The van der Waals surface area contributed by atoms with Crippen molar-refractivity contribution in [3.8, 4) is 5.75 Å². The molecule has 158 valence electrons. The molecule has 7 heteroatoms. The Morgan fingerprint density at radius 2 is 1.94 bits per heavy atom. The van der Waals surface area contributed by atoms with Gasteiger partial charge in [-0.1, -0.05) is 47.6 Å². The Labute approximate surface area is 189 Å². The summed E-state index contributed by atoms with van der Waals surface area (Å²) >= 11 is 7.68. The van der Waals surface area contributed by atoms with Crippen molar-refractivity contribution in [2.75, 3.05) is 6.79 Å². The van der Waals surface area contributed by atoms with Crippen molar-refractivity contribution in [3.63, 3.8) is 0 Å². The van der Waals surface area contributed by atoms with Crippen LogP contribution in [-0.4, -0.2) is 22.8 Å². The molecule has 0 bridgehead atoms. The molecule has 4 aromatic rings. The molecule has 1 atom stereocenters. The van der Waals surface area contributed by atoms with E-state index >= 15 is 0 Å². The molecule has 0 saturated heterocycles. The molecule has 4 rings (SSSR count). The third-order valence-electron chi connectivity index (χ3n) is 4.90. The number of aliphatic hydroxyl groups is 1. The first-order valence-corrected chi connectivity index (χ1v) is 10.9. The van der Waals surface area contributed by atoms with Crippen LogP contribution >= 0.6 is 23.4 Å². The van der Waals surface area contributed by atoms with Crippen LogP contribution in [0.25, 0.3) is 10.9 Å². The Kier molecular flexibility index (Phi) is 6.51. The van der Waals surface area contributed by atoms with Crippen molar-refractivity contribution in [1.82, 2.24) is 10.3 Å². The lowest BCUT2D eigenvalue weighted by Gasteiger charge is -2.16. The van der Waals surface area contributed by atoms with Crippen LogP contribution in [0.4, 0.5) is 0 Å². The largest absolute Gasteiger partial charge is 0.468 e. The number of hydrogen-bond donors (Lipinski definition) is 3. The van der Waals surface area contributed by atoms with Gasteiger partial charge < -0.3 is 20.1 Å². The molecule has 0 fully saturated rings. The monoisotopic (exact) mass is 452 g/mol. The fraction of sp³-hybridized carbons (Fsp3) is 0.125. The number of carbonyl (C=O) groups excluding carboxylic acids is 1. The summed E-state index contributed by atoms with van der Waals surface area (Å²) in [7, 11) is 0. The molecule has 0 aliphatic heterocycles. The van der Waals surface area contributed by atoms with Crippen LogP contribution in [0.2, 0.25) is 5.02 Å². The lowest BCUT2D eigenvalue weighted by atomic mass is 10.1. The first-order valence-electron chi connectivity index (χ1n) is 9.73. The van der Waals surface area contributed by atoms with Crippen molar-refractivity contribution >= 4 is 40.2 Å². The zero-order chi connectivity index (χ0) is 21.8. The number of amides is 1. The maximum Gasteiger partial charge on any atom is 0.252 e. The van der Waals surface area contributed by atoms with E-state index in [-0.39, 0.29) is 18.7 Å². The second-order valence-electron chi connectivity index (χ2n) is 6.98. The lowest BCUT2D eigenvalue weighted by Crippen LogP contribution is -2.26. The van der Waals surface area contributed by atoms with Gasteiger partial charge in [0.2, 0.25) is 0 Å². The van der Waals surface area contributed by atoms with Crippen LogP contribution in [0.3, 0.4) is 0 Å². The van der Waals surface area contributed by atoms with Crippen LogP contribution in [-0.2, 0) is 0 Å². The van der Waals surface area contributed by atoms with Crippen LogP contribution in [0.15, 0.2) is 82.7 Å². The number of aromatic nitrogens is 1. The molecule has 31 heavy (non-hydrogen) atoms. The molecular formula is C24H21ClN2O3S. The molecular weight excluding hydrogens is 432 g/mol. The van der Waals surface area contributed by atoms with Crippen molar-refractivity contribution < 1.29 is 14.6 Å². The van der Waals surface area contributed by atoms with Gasteiger partial charge in [0.1, 0.15) is 5.75 Å². The summed E-state index contributed by atoms with van der Waals surface area (Å²) in [6.45, 7) is 1.56. The topological polar surface area (TPSA) is 74.4 Å². The summed E-state index contributed by atoms with van der Waals surface area (Å²) in [6.07, 6.45) is 1.91. The summed E-state index contributed by atoms with van der Waals surface area (Å²) in [4.78, 5) is 18.4. The number of ether oxygens (including phenoxy) is 1. The quantitative estimate of drug-likeness (QED) is 0.310. The SMILES string of the molecule is C[C@H](NC(=O)c1cccc2[nH]cc(Sc3cccc(Cl)c3)c12)c1ccc(OCO)cc1. The molecule has 0 aliphatic rings. The molecule has 5 nitrogen and oxygen atoms in total. The molecule has 0 radical (unpaired) electrons. The van der Waals surface area contributed by atoms with Crippen LogP contribution in [0, 0.1) is 0 Å². The Morgan fingerprint density at radius 3 is 2.68 bits per heavy atom. The number of carbonyl (C=O) groups is 1. The fourth-order valence-electron chi connectivity index (χ4n) is 3.37. The summed E-state index contributed by atoms with van der Waals surface area (Å²) < 4.78 is 5.05. The number of nitrogens with one attached hydrogen (secondary N) is 2. The Bertz CT molecular complexity index is 1210. The van der Waals surface area contributed by atoms with E-state index in [2.05, 4.69) is 10.3 Å². The van der Waals surface area contributed by atoms with Gasteiger partial charge >= 0.3 is 0 Å². The third kappa shape index (κ3) is 4.88. The average molecular weight is 453 g/mol. The van der Waals surface area contributed by atoms with E-state index < -0.39 is 0 Å². The lowest BCUT2D eigenvalue weighted by molar-refractivity contribution is 0.0941. The molecule has 0 unspecified atom stereocenters. The van der Waals surface area contributed by atoms with Crippen LogP contribution in [0.5, 0.6) is 5.75 Å². The van der Waals surface area contributed by atoms with Gasteiger partial charge in [0.15, 0.2) is 6.79 Å². The summed E-state index contributed by atoms with van der Waals surface area (Å²) in [5.74, 6) is 0.422. The maximum atomic E-state index is 13.2. The van der Waals surface area contributed by atoms with Crippen molar-refractivity contribution in [2.45, 2.75) is 22.8 Å². The van der Waals surface area contributed by atoms with E-state index in [9.17, 15) is 4.79 Å². The Hall–Kier alpha value is -2.93. The zero-order valence-electron chi connectivity index (χ0n) is 16.8. The number of aromatic amines is 1. The summed E-state index contributed by atoms with van der Waals surface area (Å²) in [6, 6.07) is 20.4. The van der Waals surface area contributed by atoms with Gasteiger partial charge in [-0.15, -0.1) is 0 Å². The zero-order valence-corrected chi connectivity index (χ0v) is 18.3. The highest BCUT2D eigenvalue weighted by Crippen LogP contribution is 2.36. The molecule has 3 aromatic carbocycles. The maximum absolute atomic E-state index is 13.2. The minimum Gasteiger partial charge on any atom is -0.468 e. The van der Waals surface area contributed by atoms with E-state index in [1.807, 2.05) is 67.7 Å². The highest BCUT2D eigenvalue weighted by molar-refractivity contribution is 7.99. The molecule has 1 aromatic heterocycles. The Balaban J connectivity index is 1.58. The smallest absolute Gasteiger partial charge is 0.252 e. The molecule has 0 spiro atoms. The van der Waals surface area contributed by atoms with Gasteiger partial charge in [-0.3, -0.25) is 4.79 Å². The van der Waals surface area contributed by atoms with Gasteiger partial charge in [0.05, 0.1) is 6.04 Å². The first kappa shape index (κ1) is 21.3. The number of halogens is 1. The number of benzene rings is 3. The van der Waals surface area contributed by atoms with E-state index in [4.69, 9.17) is 21.4 Å². The van der Waals surface area contributed by atoms with Crippen molar-refractivity contribution in [1.29, 1.82) is 0 Å². The van der Waals surface area contributed by atoms with E-state index in [1.165, 1.54) is 0 Å². The minimum atomic E-state index is -0.373. The van der Waals surface area contributed by atoms with Crippen LogP contribution < -0.4 is 10.1 Å². The predicted molar refractivity (Wildman–Crippen MR) is 124 cm³/mol. The van der Waals surface area contributed by atoms with Gasteiger partial charge in [-0.05, 0) is 55.0 Å². The summed E-state index contributed by atoms with van der Waals surface area (Å²) in [5.41, 5.74) is 2.44. The molecule has 0 aliphatic carbocycles. The third-order valence-corrected chi connectivity index (χ3v) is 6.16. The molecule has 1 heterocycles. The van der Waals surface area contributed by atoms with Gasteiger partial charge in [0.25, 0.3) is 5.91 Å². The summed E-state index contributed by atoms with van der Waals surface area (Å²) in [5, 5.41) is 13.5. The van der Waals surface area contributed by atoms with E-state index in [0.29, 0.717) is 16.3 Å². The number of aliphatic hydroxyl groups excluding tert-OH is 1. The number of hydrogen-bond acceptors (Lipinski definition) is 4. The fourth-order valence-corrected chi connectivity index (χ4v) is 4.65. The number of fused-ring (bicyclic) bond motifs is 1. The minimum absolute atomic E-state index is 0.152. The van der Waals surface area contributed by atoms with E-state index in [0.717, 1.165) is 26.3 Å². The number of rotatable bonds is 7. The van der Waals surface area contributed by atoms with Crippen LogP contribution in [0.1, 0.15) is 28.9 Å². The molecule has 3 N–H and O–H groups in total. The Morgan fingerprint density at radius 1 is 1.16 bits per heavy atom. The highest BCUT2D eigenvalue weighted by Gasteiger charge is 2.18. The first-order chi connectivity index (χ1) is 15.0. The van der Waals surface area contributed by atoms with Crippen molar-refractivity contribution in [2.24, 2.45) is 0 Å². The second-order valence-corrected chi connectivity index (χ2v) is 8.53. The standard InChI is InChI=1S/C24H21ClN2O3S/c1-15(16-8-10-18(11-9-16)30-14-28)27-24(29)20-6-3-7-21-23(20)22(13-26-21)31-19-5-2-4-17(25)12-19/h2-13,15,26,28H,14H2,1H3,(H,27,29)/t15-/m0/s1. The molecule has 1 amide bonds. The molecule has 0 saturated carbocycles.